The van der Waals surface area contributed by atoms with Gasteiger partial charge in [0.05, 0.1) is 42.1 Å². The molecule has 0 spiro atoms. The molecule has 2 atom stereocenters. The fourth-order valence-corrected chi connectivity index (χ4v) is 3.76. The maximum atomic E-state index is 13.0. The van der Waals surface area contributed by atoms with Gasteiger partial charge >= 0.3 is 11.9 Å². The third-order valence-electron chi connectivity index (χ3n) is 5.32. The van der Waals surface area contributed by atoms with Crippen molar-refractivity contribution < 1.29 is 19.2 Å². The molecule has 0 saturated carbocycles. The van der Waals surface area contributed by atoms with E-state index in [0.29, 0.717) is 22.2 Å². The van der Waals surface area contributed by atoms with E-state index in [1.54, 1.807) is 23.3 Å². The van der Waals surface area contributed by atoms with Crippen molar-refractivity contribution in [3.8, 4) is 0 Å². The highest BCUT2D eigenvalue weighted by atomic mass is 35.5. The highest BCUT2D eigenvalue weighted by molar-refractivity contribution is 6.42. The Morgan fingerprint density at radius 1 is 0.879 bits per heavy atom. The molecule has 0 aromatic heterocycles. The standard InChI is InChI=1S/C26H25Cl2NO4/c1-18(20-11-7-4-8-12-20)29(17-19-9-5-3-6-10-19)33-25(30)16-22(26(31)32-2)21-13-14-23(27)24(28)15-21/h3-15,18,22H,16-17H2,1-2H3/t18-,22-/m0/s1. The minimum Gasteiger partial charge on any atom is -0.469 e. The zero-order chi connectivity index (χ0) is 23.8. The summed E-state index contributed by atoms with van der Waals surface area (Å²) in [5.41, 5.74) is 2.51. The first-order valence-electron chi connectivity index (χ1n) is 10.5. The average molecular weight is 486 g/mol. The van der Waals surface area contributed by atoms with Crippen LogP contribution in [0.15, 0.2) is 78.9 Å². The maximum absolute atomic E-state index is 13.0. The number of methoxy groups -OCH3 is 1. The first kappa shape index (κ1) is 24.8. The van der Waals surface area contributed by atoms with Crippen LogP contribution in [0.25, 0.3) is 0 Å². The Bertz CT molecular complexity index is 1080. The van der Waals surface area contributed by atoms with Crippen LogP contribution in [0.3, 0.4) is 0 Å². The lowest BCUT2D eigenvalue weighted by Crippen LogP contribution is -2.31. The molecule has 0 heterocycles. The lowest BCUT2D eigenvalue weighted by atomic mass is 9.96. The quantitative estimate of drug-likeness (QED) is 0.260. The summed E-state index contributed by atoms with van der Waals surface area (Å²) >= 11 is 12.1. The van der Waals surface area contributed by atoms with E-state index in [0.717, 1.165) is 11.1 Å². The van der Waals surface area contributed by atoms with Gasteiger partial charge in [0.2, 0.25) is 0 Å². The fraction of sp³-hybridized carbons (Fsp3) is 0.231. The molecular formula is C26H25Cl2NO4. The van der Waals surface area contributed by atoms with E-state index < -0.39 is 17.9 Å². The Morgan fingerprint density at radius 2 is 1.52 bits per heavy atom. The Kier molecular flexibility index (Phi) is 8.89. The van der Waals surface area contributed by atoms with E-state index in [1.165, 1.54) is 7.11 Å². The van der Waals surface area contributed by atoms with E-state index in [-0.39, 0.29) is 12.5 Å². The topological polar surface area (TPSA) is 55.8 Å². The van der Waals surface area contributed by atoms with E-state index in [9.17, 15) is 9.59 Å². The van der Waals surface area contributed by atoms with Gasteiger partial charge in [0.25, 0.3) is 0 Å². The lowest BCUT2D eigenvalue weighted by Gasteiger charge is -2.28. The second kappa shape index (κ2) is 11.8. The molecule has 0 saturated heterocycles. The van der Waals surface area contributed by atoms with Gasteiger partial charge in [0.1, 0.15) is 0 Å². The van der Waals surface area contributed by atoms with E-state index in [2.05, 4.69) is 0 Å². The van der Waals surface area contributed by atoms with Crippen molar-refractivity contribution in [3.63, 3.8) is 0 Å². The van der Waals surface area contributed by atoms with Crippen LogP contribution in [0.4, 0.5) is 0 Å². The van der Waals surface area contributed by atoms with Crippen molar-refractivity contribution in [3.05, 3.63) is 106 Å². The van der Waals surface area contributed by atoms with Crippen LogP contribution in [0.5, 0.6) is 0 Å². The van der Waals surface area contributed by atoms with Crippen LogP contribution in [-0.2, 0) is 25.7 Å². The van der Waals surface area contributed by atoms with Crippen molar-refractivity contribution in [2.45, 2.75) is 31.8 Å². The molecule has 0 aliphatic carbocycles. The van der Waals surface area contributed by atoms with Crippen LogP contribution in [0.2, 0.25) is 10.0 Å². The molecule has 33 heavy (non-hydrogen) atoms. The SMILES string of the molecule is COC(=O)[C@@H](CC(=O)ON(Cc1ccccc1)[C@@H](C)c1ccccc1)c1ccc(Cl)c(Cl)c1. The van der Waals surface area contributed by atoms with Crippen LogP contribution in [0, 0.1) is 0 Å². The molecular weight excluding hydrogens is 461 g/mol. The predicted molar refractivity (Wildman–Crippen MR) is 129 cm³/mol. The Labute approximate surface area is 203 Å². The highest BCUT2D eigenvalue weighted by Gasteiger charge is 2.29. The van der Waals surface area contributed by atoms with Crippen LogP contribution in [0.1, 0.15) is 42.0 Å². The Balaban J connectivity index is 1.81. The molecule has 7 heteroatoms. The summed E-state index contributed by atoms with van der Waals surface area (Å²) in [5, 5.41) is 2.27. The smallest absolute Gasteiger partial charge is 0.326 e. The molecule has 0 unspecified atom stereocenters. The summed E-state index contributed by atoms with van der Waals surface area (Å²) in [4.78, 5) is 31.3. The molecule has 0 N–H and O–H groups in total. The third-order valence-corrected chi connectivity index (χ3v) is 6.06. The number of halogens is 2. The number of carbonyl (C=O) groups excluding carboxylic acids is 2. The molecule has 0 aliphatic rings. The minimum atomic E-state index is -0.872. The second-order valence-electron chi connectivity index (χ2n) is 7.56. The molecule has 0 amide bonds. The number of hydroxylamine groups is 2. The number of esters is 1. The summed E-state index contributed by atoms with van der Waals surface area (Å²) in [7, 11) is 1.28. The van der Waals surface area contributed by atoms with Crippen molar-refractivity contribution in [1.82, 2.24) is 5.06 Å². The van der Waals surface area contributed by atoms with Crippen molar-refractivity contribution in [2.24, 2.45) is 0 Å². The predicted octanol–water partition coefficient (Wildman–Crippen LogP) is 6.36. The summed E-state index contributed by atoms with van der Waals surface area (Å²) < 4.78 is 4.92. The Hall–Kier alpha value is -2.86. The normalized spacial score (nSPS) is 12.8. The third kappa shape index (κ3) is 6.81. The molecule has 0 radical (unpaired) electrons. The van der Waals surface area contributed by atoms with Crippen LogP contribution in [-0.4, -0.2) is 24.1 Å². The highest BCUT2D eigenvalue weighted by Crippen LogP contribution is 2.30. The summed E-state index contributed by atoms with van der Waals surface area (Å²) in [5.74, 6) is -1.99. The van der Waals surface area contributed by atoms with Gasteiger partial charge in [0, 0.05) is 0 Å². The number of hydrogen-bond acceptors (Lipinski definition) is 5. The molecule has 3 rings (SSSR count). The number of carbonyl (C=O) groups is 2. The Morgan fingerprint density at radius 3 is 2.12 bits per heavy atom. The fourth-order valence-electron chi connectivity index (χ4n) is 3.45. The average Bonchev–Trinajstić information content (AvgIpc) is 2.84. The number of nitrogens with zero attached hydrogens (tertiary/aromatic N) is 1. The zero-order valence-corrected chi connectivity index (χ0v) is 19.9. The van der Waals surface area contributed by atoms with Gasteiger partial charge in [-0.3, -0.25) is 9.59 Å². The summed E-state index contributed by atoms with van der Waals surface area (Å²) in [6.45, 7) is 2.35. The molecule has 172 valence electrons. The van der Waals surface area contributed by atoms with Gasteiger partial charge in [-0.05, 0) is 35.7 Å². The van der Waals surface area contributed by atoms with Crippen molar-refractivity contribution in [2.75, 3.05) is 7.11 Å². The first-order chi connectivity index (χ1) is 15.9. The number of rotatable bonds is 9. The zero-order valence-electron chi connectivity index (χ0n) is 18.4. The van der Waals surface area contributed by atoms with E-state index in [4.69, 9.17) is 32.8 Å². The van der Waals surface area contributed by atoms with Crippen LogP contribution < -0.4 is 0 Å². The molecule has 0 bridgehead atoms. The van der Waals surface area contributed by atoms with E-state index in [1.807, 2.05) is 67.6 Å². The molecule has 5 nitrogen and oxygen atoms in total. The molecule has 3 aromatic rings. The maximum Gasteiger partial charge on any atom is 0.326 e. The van der Waals surface area contributed by atoms with E-state index >= 15 is 0 Å². The second-order valence-corrected chi connectivity index (χ2v) is 8.38. The number of hydrogen-bond donors (Lipinski definition) is 0. The van der Waals surface area contributed by atoms with Gasteiger partial charge in [-0.1, -0.05) is 89.9 Å². The lowest BCUT2D eigenvalue weighted by molar-refractivity contribution is -0.206. The van der Waals surface area contributed by atoms with Gasteiger partial charge in [-0.25, -0.2) is 0 Å². The van der Waals surface area contributed by atoms with Gasteiger partial charge < -0.3 is 9.57 Å². The summed E-state index contributed by atoms with van der Waals surface area (Å²) in [6.07, 6.45) is -0.211. The first-order valence-corrected chi connectivity index (χ1v) is 11.2. The number of ether oxygens (including phenoxy) is 1. The van der Waals surface area contributed by atoms with Crippen molar-refractivity contribution >= 4 is 35.1 Å². The van der Waals surface area contributed by atoms with Gasteiger partial charge in [0.15, 0.2) is 0 Å². The summed E-state index contributed by atoms with van der Waals surface area (Å²) in [6, 6.07) is 24.1. The molecule has 0 aliphatic heterocycles. The molecule has 0 fully saturated rings. The molecule has 3 aromatic carbocycles. The van der Waals surface area contributed by atoms with Gasteiger partial charge in [-0.2, -0.15) is 0 Å². The van der Waals surface area contributed by atoms with Crippen LogP contribution >= 0.6 is 23.2 Å². The van der Waals surface area contributed by atoms with Crippen molar-refractivity contribution in [1.29, 1.82) is 0 Å². The largest absolute Gasteiger partial charge is 0.469 e. The van der Waals surface area contributed by atoms with Gasteiger partial charge in [-0.15, -0.1) is 5.06 Å². The monoisotopic (exact) mass is 485 g/mol. The number of benzene rings is 3. The minimum absolute atomic E-state index is 0.211.